The number of halogens is 6. The van der Waals surface area contributed by atoms with E-state index in [1.165, 1.54) is 0 Å². The number of carbonyl (C=O) groups is 1. The van der Waals surface area contributed by atoms with Crippen molar-refractivity contribution in [2.24, 2.45) is 0 Å². The highest BCUT2D eigenvalue weighted by Crippen LogP contribution is 2.44. The molecule has 0 saturated carbocycles. The molecule has 5 nitrogen and oxygen atoms in total. The van der Waals surface area contributed by atoms with Crippen LogP contribution in [0, 0.1) is 11.3 Å². The second-order valence-electron chi connectivity index (χ2n) is 4.71. The van der Waals surface area contributed by atoms with Gasteiger partial charge in [0.1, 0.15) is 17.3 Å². The average molecular weight is 412 g/mol. The zero-order valence-corrected chi connectivity index (χ0v) is 14.6. The Labute approximate surface area is 154 Å². The number of nitrogens with zero attached hydrogens (tertiary/aromatic N) is 3. The first-order chi connectivity index (χ1) is 11.6. The Bertz CT molecular complexity index is 887. The zero-order valence-electron chi connectivity index (χ0n) is 12.4. The molecule has 1 amide bonds. The summed E-state index contributed by atoms with van der Waals surface area (Å²) in [6.07, 6.45) is -3.54. The summed E-state index contributed by atoms with van der Waals surface area (Å²) in [4.78, 5) is 11.7. The van der Waals surface area contributed by atoms with E-state index < -0.39 is 32.7 Å². The normalized spacial score (nSPS) is 11.3. The molecule has 132 valence electrons. The van der Waals surface area contributed by atoms with Gasteiger partial charge in [0.05, 0.1) is 26.8 Å². The van der Waals surface area contributed by atoms with Crippen LogP contribution in [0.25, 0.3) is 5.69 Å². The van der Waals surface area contributed by atoms with Gasteiger partial charge in [-0.3, -0.25) is 4.79 Å². The summed E-state index contributed by atoms with van der Waals surface area (Å²) < 4.78 is 39.9. The number of nitriles is 1. The maximum atomic E-state index is 13.0. The largest absolute Gasteiger partial charge is 0.417 e. The lowest BCUT2D eigenvalue weighted by molar-refractivity contribution is -0.137. The first kappa shape index (κ1) is 19.4. The molecule has 1 heterocycles. The lowest BCUT2D eigenvalue weighted by Gasteiger charge is -2.16. The predicted octanol–water partition coefficient (Wildman–Crippen LogP) is 5.07. The Morgan fingerprint density at radius 3 is 2.52 bits per heavy atom. The maximum Gasteiger partial charge on any atom is 0.417 e. The number of rotatable bonds is 3. The number of aromatic nitrogens is 2. The molecule has 2 aromatic rings. The molecular formula is C14H8Cl3F3N4O. The predicted molar refractivity (Wildman–Crippen MR) is 87.2 cm³/mol. The van der Waals surface area contributed by atoms with Crippen LogP contribution in [0.15, 0.2) is 12.3 Å². The van der Waals surface area contributed by atoms with Crippen LogP contribution in [-0.2, 0) is 11.0 Å². The highest BCUT2D eigenvalue weighted by molar-refractivity contribution is 6.45. The van der Waals surface area contributed by atoms with Crippen molar-refractivity contribution in [1.29, 1.82) is 5.26 Å². The summed E-state index contributed by atoms with van der Waals surface area (Å²) in [6.45, 7) is 1.58. The van der Waals surface area contributed by atoms with Crippen molar-refractivity contribution in [3.05, 3.63) is 38.5 Å². The molecule has 11 heteroatoms. The third-order valence-corrected chi connectivity index (χ3v) is 4.27. The molecule has 25 heavy (non-hydrogen) atoms. The zero-order chi connectivity index (χ0) is 18.9. The van der Waals surface area contributed by atoms with E-state index >= 15 is 0 Å². The molecule has 1 aromatic carbocycles. The van der Waals surface area contributed by atoms with Gasteiger partial charge in [0.2, 0.25) is 5.91 Å². The Hall–Kier alpha value is -1.95. The quantitative estimate of drug-likeness (QED) is 0.717. The van der Waals surface area contributed by atoms with Crippen LogP contribution >= 0.6 is 34.8 Å². The number of anilines is 1. The Balaban J connectivity index is 2.72. The van der Waals surface area contributed by atoms with Crippen LogP contribution in [-0.4, -0.2) is 15.7 Å². The molecule has 1 aromatic heterocycles. The van der Waals surface area contributed by atoms with Crippen molar-refractivity contribution in [3.63, 3.8) is 0 Å². The molecule has 0 saturated heterocycles. The van der Waals surface area contributed by atoms with Crippen LogP contribution in [0.5, 0.6) is 0 Å². The van der Waals surface area contributed by atoms with E-state index in [-0.39, 0.29) is 23.5 Å². The highest BCUT2D eigenvalue weighted by Gasteiger charge is 2.36. The van der Waals surface area contributed by atoms with Gasteiger partial charge in [0, 0.05) is 6.42 Å². The second-order valence-corrected chi connectivity index (χ2v) is 5.88. The van der Waals surface area contributed by atoms with Gasteiger partial charge in [-0.15, -0.1) is 0 Å². The fourth-order valence-electron chi connectivity index (χ4n) is 1.93. The van der Waals surface area contributed by atoms with Crippen molar-refractivity contribution in [2.45, 2.75) is 19.5 Å². The monoisotopic (exact) mass is 410 g/mol. The fraction of sp³-hybridized carbons (Fsp3) is 0.214. The minimum Gasteiger partial charge on any atom is -0.309 e. The third-order valence-electron chi connectivity index (χ3n) is 3.12. The first-order valence-electron chi connectivity index (χ1n) is 6.64. The van der Waals surface area contributed by atoms with Gasteiger partial charge in [0.15, 0.2) is 5.82 Å². The van der Waals surface area contributed by atoms with Crippen molar-refractivity contribution in [1.82, 2.24) is 9.78 Å². The van der Waals surface area contributed by atoms with Gasteiger partial charge in [-0.2, -0.15) is 23.5 Å². The summed E-state index contributed by atoms with van der Waals surface area (Å²) in [7, 11) is 0. The van der Waals surface area contributed by atoms with Crippen molar-refractivity contribution in [2.75, 3.05) is 5.32 Å². The summed E-state index contributed by atoms with van der Waals surface area (Å²) in [5, 5.41) is 13.7. The number of hydrogen-bond acceptors (Lipinski definition) is 3. The Morgan fingerprint density at radius 2 is 2.00 bits per heavy atom. The SMILES string of the molecule is CCC(=O)Nc1c(C#N)cnn1-c1c(Cl)cc(C(F)(F)F)c(Cl)c1Cl. The molecule has 0 aliphatic heterocycles. The molecule has 0 atom stereocenters. The van der Waals surface area contributed by atoms with E-state index in [4.69, 9.17) is 40.1 Å². The van der Waals surface area contributed by atoms with E-state index in [9.17, 15) is 18.0 Å². The molecule has 1 N–H and O–H groups in total. The highest BCUT2D eigenvalue weighted by atomic mass is 35.5. The molecule has 0 aliphatic rings. The number of carbonyl (C=O) groups excluding carboxylic acids is 1. The lowest BCUT2D eigenvalue weighted by atomic mass is 10.2. The lowest BCUT2D eigenvalue weighted by Crippen LogP contribution is -2.15. The van der Waals surface area contributed by atoms with Gasteiger partial charge in [-0.05, 0) is 6.07 Å². The minimum absolute atomic E-state index is 0.0232. The molecule has 2 rings (SSSR count). The standard InChI is InChI=1S/C14H8Cl3F3N4O/c1-2-9(25)23-13-6(4-21)5-22-24(13)12-8(15)3-7(14(18,19)20)10(16)11(12)17/h3,5H,2H2,1H3,(H,23,25). The van der Waals surface area contributed by atoms with E-state index in [1.54, 1.807) is 6.92 Å². The number of hydrogen-bond donors (Lipinski definition) is 1. The van der Waals surface area contributed by atoms with Gasteiger partial charge in [-0.1, -0.05) is 41.7 Å². The molecule has 0 aliphatic carbocycles. The van der Waals surface area contributed by atoms with Gasteiger partial charge in [-0.25, -0.2) is 4.68 Å². The molecular weight excluding hydrogens is 404 g/mol. The topological polar surface area (TPSA) is 70.7 Å². The first-order valence-corrected chi connectivity index (χ1v) is 7.78. The van der Waals surface area contributed by atoms with Crippen LogP contribution in [0.3, 0.4) is 0 Å². The van der Waals surface area contributed by atoms with Gasteiger partial charge < -0.3 is 5.32 Å². The fourth-order valence-corrected chi connectivity index (χ4v) is 2.79. The van der Waals surface area contributed by atoms with Crippen molar-refractivity contribution >= 4 is 46.5 Å². The van der Waals surface area contributed by atoms with Gasteiger partial charge in [0.25, 0.3) is 0 Å². The molecule has 0 spiro atoms. The Kier molecular flexibility index (Phi) is 5.52. The minimum atomic E-state index is -4.76. The smallest absolute Gasteiger partial charge is 0.309 e. The second kappa shape index (κ2) is 7.12. The van der Waals surface area contributed by atoms with Crippen LogP contribution in [0.4, 0.5) is 19.0 Å². The van der Waals surface area contributed by atoms with E-state index in [2.05, 4.69) is 10.4 Å². The van der Waals surface area contributed by atoms with Crippen LogP contribution in [0.1, 0.15) is 24.5 Å². The summed E-state index contributed by atoms with van der Waals surface area (Å²) >= 11 is 17.6. The summed E-state index contributed by atoms with van der Waals surface area (Å²) in [5.41, 5.74) is -1.42. The van der Waals surface area contributed by atoms with Crippen LogP contribution in [0.2, 0.25) is 15.1 Å². The van der Waals surface area contributed by atoms with E-state index in [0.29, 0.717) is 6.07 Å². The molecule has 0 unspecified atom stereocenters. The van der Waals surface area contributed by atoms with E-state index in [1.807, 2.05) is 6.07 Å². The summed E-state index contributed by atoms with van der Waals surface area (Å²) in [5.74, 6) is -0.516. The van der Waals surface area contributed by atoms with Gasteiger partial charge >= 0.3 is 6.18 Å². The summed E-state index contributed by atoms with van der Waals surface area (Å²) in [6, 6.07) is 2.41. The molecule has 0 bridgehead atoms. The molecule has 0 fully saturated rings. The maximum absolute atomic E-state index is 13.0. The van der Waals surface area contributed by atoms with Crippen molar-refractivity contribution < 1.29 is 18.0 Å². The number of benzene rings is 1. The average Bonchev–Trinajstić information content (AvgIpc) is 2.92. The number of nitrogens with one attached hydrogen (secondary N) is 1. The number of amides is 1. The number of alkyl halides is 3. The van der Waals surface area contributed by atoms with Crippen molar-refractivity contribution in [3.8, 4) is 11.8 Å². The third kappa shape index (κ3) is 3.68. The van der Waals surface area contributed by atoms with Crippen LogP contribution < -0.4 is 5.32 Å². The van der Waals surface area contributed by atoms with E-state index in [0.717, 1.165) is 10.9 Å². The molecule has 0 radical (unpaired) electrons. The Morgan fingerprint density at radius 1 is 1.36 bits per heavy atom.